The molecule has 0 atom stereocenters. The van der Waals surface area contributed by atoms with Crippen molar-refractivity contribution in [1.82, 2.24) is 10.2 Å². The molecule has 1 N–H and O–H groups in total. The first-order valence-corrected chi connectivity index (χ1v) is 8.79. The van der Waals surface area contributed by atoms with Crippen molar-refractivity contribution in [2.75, 3.05) is 0 Å². The molecule has 0 bridgehead atoms. The van der Waals surface area contributed by atoms with Crippen LogP contribution in [0, 0.1) is 0 Å². The van der Waals surface area contributed by atoms with E-state index in [-0.39, 0.29) is 5.54 Å². The minimum absolute atomic E-state index is 0.0260. The Morgan fingerprint density at radius 1 is 1.33 bits per heavy atom. The molecule has 4 heteroatoms. The first-order chi connectivity index (χ1) is 6.70. The standard InChI is InChI=1S/C11H21N3Si/c1-11(2,3)12-7-9-10(8-13-14-9)15(4,5)6/h7-8H,1-6H3,(H,13,14). The van der Waals surface area contributed by atoms with Crippen molar-refractivity contribution in [3.63, 3.8) is 0 Å². The van der Waals surface area contributed by atoms with Gasteiger partial charge < -0.3 is 0 Å². The lowest BCUT2D eigenvalue weighted by Gasteiger charge is -2.15. The fourth-order valence-electron chi connectivity index (χ4n) is 1.25. The minimum Gasteiger partial charge on any atom is -0.285 e. The first kappa shape index (κ1) is 12.2. The first-order valence-electron chi connectivity index (χ1n) is 5.29. The molecule has 0 aliphatic heterocycles. The Labute approximate surface area is 93.0 Å². The number of hydrogen-bond acceptors (Lipinski definition) is 2. The highest BCUT2D eigenvalue weighted by atomic mass is 28.3. The van der Waals surface area contributed by atoms with Gasteiger partial charge in [0.15, 0.2) is 0 Å². The highest BCUT2D eigenvalue weighted by Crippen LogP contribution is 2.07. The maximum absolute atomic E-state index is 4.50. The molecule has 1 aromatic heterocycles. The predicted molar refractivity (Wildman–Crippen MR) is 68.9 cm³/mol. The maximum atomic E-state index is 4.50. The minimum atomic E-state index is -1.31. The summed E-state index contributed by atoms with van der Waals surface area (Å²) in [6, 6.07) is 0. The molecule has 0 spiro atoms. The summed E-state index contributed by atoms with van der Waals surface area (Å²) < 4.78 is 0. The molecule has 1 aromatic rings. The van der Waals surface area contributed by atoms with Crippen LogP contribution in [0.25, 0.3) is 0 Å². The Hall–Kier alpha value is -0.903. The van der Waals surface area contributed by atoms with Gasteiger partial charge >= 0.3 is 0 Å². The van der Waals surface area contributed by atoms with E-state index in [0.29, 0.717) is 0 Å². The number of aromatic nitrogens is 2. The smallest absolute Gasteiger partial charge is 0.0825 e. The lowest BCUT2D eigenvalue weighted by molar-refractivity contribution is 0.586. The number of aliphatic imine (C=N–C) groups is 1. The van der Waals surface area contributed by atoms with Crippen LogP contribution in [0.15, 0.2) is 11.2 Å². The zero-order chi connectivity index (χ0) is 11.7. The van der Waals surface area contributed by atoms with Crippen molar-refractivity contribution in [1.29, 1.82) is 0 Å². The zero-order valence-corrected chi connectivity index (χ0v) is 11.5. The molecule has 0 aliphatic carbocycles. The van der Waals surface area contributed by atoms with Crippen molar-refractivity contribution >= 4 is 19.5 Å². The van der Waals surface area contributed by atoms with E-state index in [4.69, 9.17) is 0 Å². The van der Waals surface area contributed by atoms with Gasteiger partial charge in [0, 0.05) is 12.4 Å². The number of aromatic amines is 1. The highest BCUT2D eigenvalue weighted by molar-refractivity contribution is 6.89. The molecule has 0 unspecified atom stereocenters. The summed E-state index contributed by atoms with van der Waals surface area (Å²) in [5.41, 5.74) is 1.05. The summed E-state index contributed by atoms with van der Waals surface area (Å²) >= 11 is 0. The second kappa shape index (κ2) is 3.93. The maximum Gasteiger partial charge on any atom is 0.0825 e. The Morgan fingerprint density at radius 2 is 1.93 bits per heavy atom. The van der Waals surface area contributed by atoms with Gasteiger partial charge in [0.2, 0.25) is 0 Å². The molecule has 0 saturated heterocycles. The van der Waals surface area contributed by atoms with Crippen molar-refractivity contribution in [3.8, 4) is 0 Å². The Morgan fingerprint density at radius 3 is 2.40 bits per heavy atom. The average Bonchev–Trinajstić information content (AvgIpc) is 2.45. The predicted octanol–water partition coefficient (Wildman–Crippen LogP) is 2.17. The second-order valence-electron chi connectivity index (χ2n) is 5.88. The summed E-state index contributed by atoms with van der Waals surface area (Å²) in [4.78, 5) is 4.50. The van der Waals surface area contributed by atoms with E-state index < -0.39 is 8.07 Å². The van der Waals surface area contributed by atoms with Gasteiger partial charge in [-0.25, -0.2) is 0 Å². The van der Waals surface area contributed by atoms with Gasteiger partial charge in [-0.2, -0.15) is 5.10 Å². The normalized spacial score (nSPS) is 13.7. The van der Waals surface area contributed by atoms with Crippen LogP contribution in [-0.2, 0) is 0 Å². The Bertz CT molecular complexity index is 353. The summed E-state index contributed by atoms with van der Waals surface area (Å²) in [6.45, 7) is 13.2. The van der Waals surface area contributed by atoms with Crippen LogP contribution in [0.1, 0.15) is 26.5 Å². The van der Waals surface area contributed by atoms with E-state index in [2.05, 4.69) is 55.6 Å². The molecule has 0 aromatic carbocycles. The molecule has 0 aliphatic rings. The Balaban J connectivity index is 2.98. The fraction of sp³-hybridized carbons (Fsp3) is 0.636. The summed E-state index contributed by atoms with van der Waals surface area (Å²) in [7, 11) is -1.31. The fourth-order valence-corrected chi connectivity index (χ4v) is 2.63. The molecule has 3 nitrogen and oxygen atoms in total. The summed E-state index contributed by atoms with van der Waals surface area (Å²) in [5.74, 6) is 0. The van der Waals surface area contributed by atoms with Gasteiger partial charge in [-0.1, -0.05) is 19.6 Å². The van der Waals surface area contributed by atoms with Crippen LogP contribution in [0.4, 0.5) is 0 Å². The molecule has 0 radical (unpaired) electrons. The van der Waals surface area contributed by atoms with E-state index in [9.17, 15) is 0 Å². The van der Waals surface area contributed by atoms with Gasteiger partial charge in [0.05, 0.1) is 19.3 Å². The number of nitrogens with zero attached hydrogens (tertiary/aromatic N) is 2. The summed E-state index contributed by atoms with van der Waals surface area (Å²) in [6.07, 6.45) is 3.86. The quantitative estimate of drug-likeness (QED) is 0.606. The van der Waals surface area contributed by atoms with Crippen LogP contribution >= 0.6 is 0 Å². The van der Waals surface area contributed by atoms with E-state index in [0.717, 1.165) is 5.69 Å². The van der Waals surface area contributed by atoms with E-state index >= 15 is 0 Å². The molecule has 1 rings (SSSR count). The molecule has 0 amide bonds. The van der Waals surface area contributed by atoms with Gasteiger partial charge in [-0.15, -0.1) is 0 Å². The van der Waals surface area contributed by atoms with Crippen molar-refractivity contribution in [2.45, 2.75) is 46.0 Å². The van der Waals surface area contributed by atoms with Crippen LogP contribution < -0.4 is 5.19 Å². The molecular weight excluding hydrogens is 202 g/mol. The number of H-pyrrole nitrogens is 1. The van der Waals surface area contributed by atoms with Crippen LogP contribution in [0.5, 0.6) is 0 Å². The van der Waals surface area contributed by atoms with Crippen molar-refractivity contribution in [2.24, 2.45) is 4.99 Å². The van der Waals surface area contributed by atoms with Gasteiger partial charge in [0.25, 0.3) is 0 Å². The van der Waals surface area contributed by atoms with Gasteiger partial charge in [-0.3, -0.25) is 10.1 Å². The van der Waals surface area contributed by atoms with Crippen LogP contribution in [0.3, 0.4) is 0 Å². The number of rotatable bonds is 2. The molecule has 0 fully saturated rings. The van der Waals surface area contributed by atoms with Gasteiger partial charge in [0.1, 0.15) is 0 Å². The largest absolute Gasteiger partial charge is 0.285 e. The second-order valence-corrected chi connectivity index (χ2v) is 10.9. The highest BCUT2D eigenvalue weighted by Gasteiger charge is 2.21. The van der Waals surface area contributed by atoms with Crippen LogP contribution in [-0.4, -0.2) is 30.0 Å². The molecule has 0 saturated carbocycles. The zero-order valence-electron chi connectivity index (χ0n) is 10.5. The average molecular weight is 223 g/mol. The third-order valence-electron chi connectivity index (χ3n) is 2.06. The molecule has 1 heterocycles. The monoisotopic (exact) mass is 223 g/mol. The molecule has 84 valence electrons. The lowest BCUT2D eigenvalue weighted by atomic mass is 10.1. The van der Waals surface area contributed by atoms with E-state index in [1.54, 1.807) is 0 Å². The SMILES string of the molecule is CC(C)(C)N=Cc1[nH]ncc1[Si](C)(C)C. The van der Waals surface area contributed by atoms with Crippen LogP contribution in [0.2, 0.25) is 19.6 Å². The third kappa shape index (κ3) is 3.62. The summed E-state index contributed by atoms with van der Waals surface area (Å²) in [5, 5.41) is 8.47. The topological polar surface area (TPSA) is 41.0 Å². The van der Waals surface area contributed by atoms with Crippen molar-refractivity contribution < 1.29 is 0 Å². The molecular formula is C11H21N3Si. The van der Waals surface area contributed by atoms with E-state index in [1.807, 2.05) is 12.4 Å². The van der Waals surface area contributed by atoms with E-state index in [1.165, 1.54) is 5.19 Å². The van der Waals surface area contributed by atoms with Gasteiger partial charge in [-0.05, 0) is 26.0 Å². The number of nitrogens with one attached hydrogen (secondary N) is 1. The van der Waals surface area contributed by atoms with Crippen molar-refractivity contribution in [3.05, 3.63) is 11.9 Å². The number of hydrogen-bond donors (Lipinski definition) is 1. The Kier molecular flexibility index (Phi) is 3.18. The third-order valence-corrected chi connectivity index (χ3v) is 4.07. The lowest BCUT2D eigenvalue weighted by Crippen LogP contribution is -2.39. The molecule has 15 heavy (non-hydrogen) atoms.